The van der Waals surface area contributed by atoms with E-state index in [-0.39, 0.29) is 0 Å². The predicted octanol–water partition coefficient (Wildman–Crippen LogP) is 5.11. The van der Waals surface area contributed by atoms with E-state index >= 15 is 0 Å². The second kappa shape index (κ2) is 8.34. The van der Waals surface area contributed by atoms with E-state index in [4.69, 9.17) is 9.72 Å². The number of amides is 1. The smallest absolute Gasteiger partial charge is 0.416 e. The van der Waals surface area contributed by atoms with Crippen molar-refractivity contribution in [1.29, 1.82) is 0 Å². The zero-order chi connectivity index (χ0) is 22.0. The Kier molecular flexibility index (Phi) is 5.59. The van der Waals surface area contributed by atoms with Crippen LogP contribution in [0.15, 0.2) is 55.0 Å². The van der Waals surface area contributed by atoms with Gasteiger partial charge in [-0.05, 0) is 57.7 Å². The number of aryl methyl sites for hydroxylation is 1. The summed E-state index contributed by atoms with van der Waals surface area (Å²) in [7, 11) is 0. The van der Waals surface area contributed by atoms with Gasteiger partial charge in [0, 0.05) is 24.0 Å². The third kappa shape index (κ3) is 4.66. The molecule has 0 radical (unpaired) electrons. The van der Waals surface area contributed by atoms with Crippen molar-refractivity contribution in [1.82, 2.24) is 19.6 Å². The number of allylic oxidation sites excluding steroid dienone is 4. The molecule has 7 nitrogen and oxygen atoms in total. The zero-order valence-electron chi connectivity index (χ0n) is 18.4. The van der Waals surface area contributed by atoms with Gasteiger partial charge in [0.2, 0.25) is 0 Å². The number of hydrogen-bond acceptors (Lipinski definition) is 5. The Morgan fingerprint density at radius 1 is 1.29 bits per heavy atom. The highest BCUT2D eigenvalue weighted by atomic mass is 16.6. The van der Waals surface area contributed by atoms with Gasteiger partial charge in [-0.1, -0.05) is 24.3 Å². The van der Waals surface area contributed by atoms with Crippen molar-refractivity contribution in [3.63, 3.8) is 0 Å². The van der Waals surface area contributed by atoms with Gasteiger partial charge in [-0.25, -0.2) is 9.78 Å². The minimum absolute atomic E-state index is 0.305. The molecule has 0 bridgehead atoms. The number of anilines is 1. The molecule has 1 aliphatic carbocycles. The Morgan fingerprint density at radius 2 is 2.13 bits per heavy atom. The van der Waals surface area contributed by atoms with Crippen LogP contribution in [0, 0.1) is 6.92 Å². The molecule has 0 saturated carbocycles. The van der Waals surface area contributed by atoms with Gasteiger partial charge in [-0.2, -0.15) is 9.61 Å². The molecule has 1 amide bonds. The highest BCUT2D eigenvalue weighted by molar-refractivity contribution is 5.88. The molecule has 0 unspecified atom stereocenters. The molecule has 1 aliphatic rings. The number of carbonyl (C=O) groups excluding carboxylic acids is 1. The number of pyridine rings is 1. The van der Waals surface area contributed by atoms with Crippen LogP contribution in [0.1, 0.15) is 50.4 Å². The molecular formula is C24H27N5O2. The van der Waals surface area contributed by atoms with Gasteiger partial charge in [0.05, 0.1) is 18.4 Å². The fourth-order valence-corrected chi connectivity index (χ4v) is 3.46. The number of hydrogen-bond donors (Lipinski definition) is 0. The maximum atomic E-state index is 13.3. The Balaban J connectivity index is 1.86. The van der Waals surface area contributed by atoms with E-state index in [0.29, 0.717) is 12.4 Å². The van der Waals surface area contributed by atoms with E-state index in [0.717, 1.165) is 40.9 Å². The molecule has 0 aromatic carbocycles. The highest BCUT2D eigenvalue weighted by Gasteiger charge is 2.27. The standard InChI is InChI=1S/C24H27N5O2/c1-17-14-26-29-21(13-20(27-22(17)29)19-10-6-5-7-11-19)28(23(30)31-24(2,3)4)16-18-9-8-12-25-15-18/h5-6,8-10,12-15H,7,11,16H2,1-4H3. The maximum absolute atomic E-state index is 13.3. The van der Waals surface area contributed by atoms with E-state index < -0.39 is 11.7 Å². The lowest BCUT2D eigenvalue weighted by molar-refractivity contribution is 0.0575. The number of carbonyl (C=O) groups is 1. The number of fused-ring (bicyclic) bond motifs is 1. The third-order valence-corrected chi connectivity index (χ3v) is 4.93. The molecule has 0 fully saturated rings. The Bertz CT molecular complexity index is 1160. The molecular weight excluding hydrogens is 390 g/mol. The quantitative estimate of drug-likeness (QED) is 0.590. The second-order valence-corrected chi connectivity index (χ2v) is 8.65. The van der Waals surface area contributed by atoms with Gasteiger partial charge in [0.25, 0.3) is 0 Å². The zero-order valence-corrected chi connectivity index (χ0v) is 18.4. The molecule has 0 N–H and O–H groups in total. The number of nitrogens with zero attached hydrogens (tertiary/aromatic N) is 5. The minimum Gasteiger partial charge on any atom is -0.443 e. The topological polar surface area (TPSA) is 72.6 Å². The van der Waals surface area contributed by atoms with E-state index in [9.17, 15) is 4.79 Å². The summed E-state index contributed by atoms with van der Waals surface area (Å²) >= 11 is 0. The summed E-state index contributed by atoms with van der Waals surface area (Å²) in [6, 6.07) is 5.71. The SMILES string of the molecule is Cc1cnn2c(N(Cc3cccnc3)C(=O)OC(C)(C)C)cc(C3=CC=CCC3)nc12. The van der Waals surface area contributed by atoms with Crippen LogP contribution in [0.5, 0.6) is 0 Å². The van der Waals surface area contributed by atoms with Gasteiger partial charge in [0.1, 0.15) is 11.4 Å². The molecule has 31 heavy (non-hydrogen) atoms. The summed E-state index contributed by atoms with van der Waals surface area (Å²) in [5, 5.41) is 4.50. The van der Waals surface area contributed by atoms with Crippen LogP contribution in [0.25, 0.3) is 11.2 Å². The largest absolute Gasteiger partial charge is 0.443 e. The van der Waals surface area contributed by atoms with Crippen molar-refractivity contribution in [3.8, 4) is 0 Å². The highest BCUT2D eigenvalue weighted by Crippen LogP contribution is 2.29. The fraction of sp³-hybridized carbons (Fsp3) is 0.333. The van der Waals surface area contributed by atoms with Gasteiger partial charge in [-0.15, -0.1) is 0 Å². The minimum atomic E-state index is -0.629. The summed E-state index contributed by atoms with van der Waals surface area (Å²) in [5.41, 5.74) is 3.91. The Hall–Kier alpha value is -3.48. The van der Waals surface area contributed by atoms with Gasteiger partial charge in [0.15, 0.2) is 5.65 Å². The van der Waals surface area contributed by atoms with Crippen LogP contribution in [-0.4, -0.2) is 31.3 Å². The van der Waals surface area contributed by atoms with E-state index in [1.807, 2.05) is 45.9 Å². The first-order chi connectivity index (χ1) is 14.8. The average Bonchev–Trinajstić information content (AvgIpc) is 3.12. The van der Waals surface area contributed by atoms with Crippen LogP contribution in [0.4, 0.5) is 10.6 Å². The lowest BCUT2D eigenvalue weighted by Gasteiger charge is -2.28. The molecule has 3 heterocycles. The first-order valence-electron chi connectivity index (χ1n) is 10.4. The lowest BCUT2D eigenvalue weighted by Crippen LogP contribution is -2.37. The van der Waals surface area contributed by atoms with Crippen LogP contribution in [0.3, 0.4) is 0 Å². The van der Waals surface area contributed by atoms with Crippen molar-refractivity contribution in [2.75, 3.05) is 4.90 Å². The molecule has 3 aromatic rings. The number of aromatic nitrogens is 4. The maximum Gasteiger partial charge on any atom is 0.416 e. The van der Waals surface area contributed by atoms with Crippen LogP contribution < -0.4 is 4.90 Å². The predicted molar refractivity (Wildman–Crippen MR) is 121 cm³/mol. The Labute approximate surface area is 182 Å². The first-order valence-corrected chi connectivity index (χ1v) is 10.4. The van der Waals surface area contributed by atoms with E-state index in [1.165, 1.54) is 0 Å². The third-order valence-electron chi connectivity index (χ3n) is 4.93. The van der Waals surface area contributed by atoms with Crippen LogP contribution in [0.2, 0.25) is 0 Å². The molecule has 4 rings (SSSR count). The summed E-state index contributed by atoms with van der Waals surface area (Å²) in [6.07, 6.45) is 12.9. The monoisotopic (exact) mass is 417 g/mol. The first kappa shape index (κ1) is 20.8. The summed E-state index contributed by atoms with van der Waals surface area (Å²) in [4.78, 5) is 23.9. The van der Waals surface area contributed by atoms with Crippen molar-refractivity contribution in [2.24, 2.45) is 0 Å². The Morgan fingerprint density at radius 3 is 2.81 bits per heavy atom. The van der Waals surface area contributed by atoms with Gasteiger partial charge >= 0.3 is 6.09 Å². The summed E-state index contributed by atoms with van der Waals surface area (Å²) in [5.74, 6) is 0.613. The molecule has 7 heteroatoms. The molecule has 3 aromatic heterocycles. The number of rotatable bonds is 4. The normalized spacial score (nSPS) is 13.9. The van der Waals surface area contributed by atoms with E-state index in [1.54, 1.807) is 28.0 Å². The molecule has 0 atom stereocenters. The van der Waals surface area contributed by atoms with Crippen molar-refractivity contribution in [3.05, 3.63) is 71.8 Å². The summed E-state index contributed by atoms with van der Waals surface area (Å²) < 4.78 is 7.45. The van der Waals surface area contributed by atoms with Crippen LogP contribution in [-0.2, 0) is 11.3 Å². The molecule has 0 aliphatic heterocycles. The van der Waals surface area contributed by atoms with Crippen LogP contribution >= 0.6 is 0 Å². The fourth-order valence-electron chi connectivity index (χ4n) is 3.46. The number of ether oxygens (including phenoxy) is 1. The molecule has 0 spiro atoms. The van der Waals surface area contributed by atoms with Crippen molar-refractivity contribution >= 4 is 23.1 Å². The molecule has 0 saturated heterocycles. The van der Waals surface area contributed by atoms with Crippen molar-refractivity contribution < 1.29 is 9.53 Å². The average molecular weight is 418 g/mol. The van der Waals surface area contributed by atoms with Gasteiger partial charge < -0.3 is 4.74 Å². The molecule has 160 valence electrons. The lowest BCUT2D eigenvalue weighted by atomic mass is 10.0. The van der Waals surface area contributed by atoms with Gasteiger partial charge in [-0.3, -0.25) is 9.88 Å². The summed E-state index contributed by atoms with van der Waals surface area (Å²) in [6.45, 7) is 7.85. The van der Waals surface area contributed by atoms with E-state index in [2.05, 4.69) is 28.3 Å². The van der Waals surface area contributed by atoms with Crippen molar-refractivity contribution in [2.45, 2.75) is 52.7 Å². The second-order valence-electron chi connectivity index (χ2n) is 8.65.